The fraction of sp³-hybridized carbons (Fsp3) is 1.00. The molecule has 1 N–H and O–H groups in total. The van der Waals surface area contributed by atoms with Crippen LogP contribution in [0.2, 0.25) is 0 Å². The summed E-state index contributed by atoms with van der Waals surface area (Å²) >= 11 is 0. The molecule has 1 unspecified atom stereocenters. The van der Waals surface area contributed by atoms with Crippen LogP contribution in [0.15, 0.2) is 0 Å². The number of hydrogen-bond donors (Lipinski definition) is 1. The van der Waals surface area contributed by atoms with Crippen molar-refractivity contribution < 1.29 is 69.4 Å². The third-order valence-corrected chi connectivity index (χ3v) is 2.33. The molecule has 1 saturated heterocycles. The normalized spacial score (nSPS) is 24.4. The first-order valence-electron chi connectivity index (χ1n) is 4.55. The van der Waals surface area contributed by atoms with Crippen molar-refractivity contribution in [1.82, 2.24) is 4.90 Å². The third kappa shape index (κ3) is 6.09. The fourth-order valence-electron chi connectivity index (χ4n) is 1.76. The quantitative estimate of drug-likeness (QED) is 0.576. The van der Waals surface area contributed by atoms with Crippen LogP contribution in [0.25, 0.3) is 0 Å². The van der Waals surface area contributed by atoms with E-state index in [9.17, 15) is 12.9 Å². The molecule has 0 aromatic carbocycles. The van der Waals surface area contributed by atoms with Gasteiger partial charge < -0.3 is 23.0 Å². The Hall–Kier alpha value is 1.41. The number of nitrogens with zero attached hydrogens (tertiary/aromatic N) is 1. The fourth-order valence-corrected chi connectivity index (χ4v) is 1.76. The van der Waals surface area contributed by atoms with Crippen molar-refractivity contribution in [2.75, 3.05) is 26.1 Å². The minimum atomic E-state index is -4.71. The zero-order valence-electron chi connectivity index (χ0n) is 8.43. The molecule has 2 nitrogen and oxygen atoms in total. The van der Waals surface area contributed by atoms with E-state index in [1.165, 1.54) is 4.90 Å². The van der Waals surface area contributed by atoms with E-state index in [-0.39, 0.29) is 63.9 Å². The molecule has 1 aliphatic rings. The predicted octanol–water partition coefficient (Wildman–Crippen LogP) is -1.92. The zero-order valence-corrected chi connectivity index (χ0v) is 11.5. The summed E-state index contributed by atoms with van der Waals surface area (Å²) in [5.74, 6) is 0.0342. The smallest absolute Gasteiger partial charge is 0.448 e. The topological polar surface area (TPSA) is 23.5 Å². The summed E-state index contributed by atoms with van der Waals surface area (Å²) in [4.78, 5) is 1.39. The first kappa shape index (κ1) is 15.4. The van der Waals surface area contributed by atoms with Gasteiger partial charge in [0.05, 0.1) is 0 Å². The maximum absolute atomic E-state index is 12.0. The Morgan fingerprint density at radius 1 is 1.36 bits per heavy atom. The number of rotatable bonds is 3. The average molecular weight is 235 g/mol. The van der Waals surface area contributed by atoms with Crippen molar-refractivity contribution >= 4 is 6.98 Å². The number of piperidine rings is 1. The van der Waals surface area contributed by atoms with Gasteiger partial charge in [0.15, 0.2) is 0 Å². The molecule has 1 fully saturated rings. The van der Waals surface area contributed by atoms with Gasteiger partial charge in [0, 0.05) is 6.61 Å². The molecule has 7 heteroatoms. The first-order chi connectivity index (χ1) is 6.01. The van der Waals surface area contributed by atoms with Gasteiger partial charge in [-0.25, -0.2) is 0 Å². The summed E-state index contributed by atoms with van der Waals surface area (Å²) in [5.41, 5.74) is 0. The molecule has 78 valence electrons. The molecule has 0 aliphatic carbocycles. The molecular weight excluding hydrogens is 221 g/mol. The van der Waals surface area contributed by atoms with E-state index in [1.54, 1.807) is 0 Å². The molecule has 0 spiro atoms. The Balaban J connectivity index is 0.00000169. The van der Waals surface area contributed by atoms with Crippen LogP contribution in [0.4, 0.5) is 12.9 Å². The molecule has 1 atom stereocenters. The van der Waals surface area contributed by atoms with Crippen LogP contribution in [-0.4, -0.2) is 43.1 Å². The van der Waals surface area contributed by atoms with E-state index in [4.69, 9.17) is 5.11 Å². The SMILES string of the molecule is OCC1CCCN(C[B-](F)(F)F)C1.[K+]. The summed E-state index contributed by atoms with van der Waals surface area (Å²) in [7, 11) is 0. The van der Waals surface area contributed by atoms with Gasteiger partial charge in [0.25, 0.3) is 0 Å². The van der Waals surface area contributed by atoms with Crippen LogP contribution in [0.5, 0.6) is 0 Å². The van der Waals surface area contributed by atoms with E-state index in [0.29, 0.717) is 13.1 Å². The van der Waals surface area contributed by atoms with Crippen molar-refractivity contribution in [1.29, 1.82) is 0 Å². The van der Waals surface area contributed by atoms with Crippen molar-refractivity contribution in [3.63, 3.8) is 0 Å². The molecule has 0 bridgehead atoms. The zero-order chi connectivity index (χ0) is 9.90. The average Bonchev–Trinajstić information content (AvgIpc) is 2.01. The number of aliphatic hydroxyl groups is 1. The molecule has 0 amide bonds. The van der Waals surface area contributed by atoms with Crippen molar-refractivity contribution in [3.8, 4) is 0 Å². The number of aliphatic hydroxyl groups excluding tert-OH is 1. The van der Waals surface area contributed by atoms with Gasteiger partial charge in [-0.1, -0.05) is 0 Å². The van der Waals surface area contributed by atoms with E-state index < -0.39 is 13.4 Å². The third-order valence-electron chi connectivity index (χ3n) is 2.33. The van der Waals surface area contributed by atoms with Crippen molar-refractivity contribution in [2.45, 2.75) is 12.8 Å². The first-order valence-corrected chi connectivity index (χ1v) is 4.55. The minimum absolute atomic E-state index is 0. The van der Waals surface area contributed by atoms with E-state index in [2.05, 4.69) is 0 Å². The van der Waals surface area contributed by atoms with Gasteiger partial charge in [0.2, 0.25) is 0 Å². The summed E-state index contributed by atoms with van der Waals surface area (Å²) in [6.07, 6.45) is 0.825. The number of likely N-dealkylation sites (tertiary alicyclic amines) is 1. The molecule has 0 aromatic heterocycles. The van der Waals surface area contributed by atoms with Gasteiger partial charge in [0.1, 0.15) is 0 Å². The van der Waals surface area contributed by atoms with Crippen LogP contribution in [0.1, 0.15) is 12.8 Å². The largest absolute Gasteiger partial charge is 1.00 e. The van der Waals surface area contributed by atoms with Crippen LogP contribution < -0.4 is 51.4 Å². The van der Waals surface area contributed by atoms with Crippen LogP contribution in [-0.2, 0) is 0 Å². The maximum Gasteiger partial charge on any atom is 1.00 e. The van der Waals surface area contributed by atoms with Crippen molar-refractivity contribution in [2.24, 2.45) is 5.92 Å². The monoisotopic (exact) mass is 235 g/mol. The summed E-state index contributed by atoms with van der Waals surface area (Å²) < 4.78 is 36.1. The molecule has 1 heterocycles. The van der Waals surface area contributed by atoms with E-state index in [0.717, 1.165) is 12.8 Å². The van der Waals surface area contributed by atoms with Gasteiger partial charge in [-0.05, 0) is 38.3 Å². The predicted molar refractivity (Wildman–Crippen MR) is 45.3 cm³/mol. The summed E-state index contributed by atoms with van der Waals surface area (Å²) in [6, 6.07) is 0. The summed E-state index contributed by atoms with van der Waals surface area (Å²) in [6.45, 7) is -3.81. The van der Waals surface area contributed by atoms with Crippen molar-refractivity contribution in [3.05, 3.63) is 0 Å². The van der Waals surface area contributed by atoms with Crippen LogP contribution in [0.3, 0.4) is 0 Å². The molecule has 0 saturated carbocycles. The van der Waals surface area contributed by atoms with Crippen LogP contribution in [0, 0.1) is 5.92 Å². The molecule has 14 heavy (non-hydrogen) atoms. The van der Waals surface area contributed by atoms with E-state index >= 15 is 0 Å². The minimum Gasteiger partial charge on any atom is -0.448 e. The standard InChI is InChI=1S/C7H14BF3NO.K/c9-8(10,11)6-12-3-1-2-7(4-12)5-13;/h7,13H,1-6H2;/q-1;+1. The summed E-state index contributed by atoms with van der Waals surface area (Å²) in [5, 5.41) is 8.80. The Labute approximate surface area is 125 Å². The van der Waals surface area contributed by atoms with Gasteiger partial charge >= 0.3 is 58.4 Å². The Bertz CT molecular complexity index is 170. The second kappa shape index (κ2) is 6.88. The number of halogens is 3. The Morgan fingerprint density at radius 3 is 2.50 bits per heavy atom. The number of hydrogen-bond acceptors (Lipinski definition) is 2. The van der Waals surface area contributed by atoms with Gasteiger partial charge in [-0.15, -0.1) is 0 Å². The van der Waals surface area contributed by atoms with E-state index in [1.807, 2.05) is 0 Å². The molecule has 1 rings (SSSR count). The molecule has 0 aromatic rings. The molecular formula is C7H14BF3KNO. The maximum atomic E-state index is 12.0. The second-order valence-electron chi connectivity index (χ2n) is 3.66. The Morgan fingerprint density at radius 2 is 2.00 bits per heavy atom. The Kier molecular flexibility index (Phi) is 7.57. The molecule has 1 aliphatic heterocycles. The second-order valence-corrected chi connectivity index (χ2v) is 3.66. The van der Waals surface area contributed by atoms with Gasteiger partial charge in [-0.3, -0.25) is 0 Å². The molecule has 0 radical (unpaired) electrons. The van der Waals surface area contributed by atoms with Gasteiger partial charge in [-0.2, -0.15) is 0 Å². The van der Waals surface area contributed by atoms with Crippen LogP contribution >= 0.6 is 0 Å².